The van der Waals surface area contributed by atoms with Crippen LogP contribution in [0.25, 0.3) is 0 Å². The monoisotopic (exact) mass is 344 g/mol. The number of thiophene rings is 1. The Morgan fingerprint density at radius 2 is 2.44 bits per heavy atom. The van der Waals surface area contributed by atoms with E-state index < -0.39 is 0 Å². The first-order chi connectivity index (χ1) is 7.79. The van der Waals surface area contributed by atoms with Gasteiger partial charge in [-0.2, -0.15) is 0 Å². The van der Waals surface area contributed by atoms with Crippen LogP contribution in [-0.4, -0.2) is 12.0 Å². The molecule has 0 spiro atoms. The quantitative estimate of drug-likeness (QED) is 0.862. The molecule has 1 unspecified atom stereocenters. The number of nitrogens with zero attached hydrogens (tertiary/aromatic N) is 1. The fraction of sp³-hybridized carbons (Fsp3) is 0.250. The van der Waals surface area contributed by atoms with Gasteiger partial charge in [-0.05, 0) is 64.7 Å². The molecule has 0 radical (unpaired) electrons. The lowest BCUT2D eigenvalue weighted by Crippen LogP contribution is -2.18. The van der Waals surface area contributed by atoms with E-state index in [2.05, 4.69) is 50.4 Å². The number of nitrogens with one attached hydrogen (secondary N) is 1. The highest BCUT2D eigenvalue weighted by Gasteiger charge is 2.11. The van der Waals surface area contributed by atoms with Crippen molar-refractivity contribution in [2.45, 2.75) is 12.5 Å². The first-order valence-corrected chi connectivity index (χ1v) is 7.05. The van der Waals surface area contributed by atoms with Crippen molar-refractivity contribution in [3.05, 3.63) is 50.0 Å². The maximum atomic E-state index is 4.14. The normalized spacial score (nSPS) is 12.6. The average Bonchev–Trinajstić information content (AvgIpc) is 2.74. The van der Waals surface area contributed by atoms with E-state index in [9.17, 15) is 0 Å². The van der Waals surface area contributed by atoms with Crippen molar-refractivity contribution in [1.82, 2.24) is 10.3 Å². The minimum atomic E-state index is 0.379. The Kier molecular flexibility index (Phi) is 4.31. The molecular formula is C12H13IN2S. The Labute approximate surface area is 113 Å². The van der Waals surface area contributed by atoms with Crippen LogP contribution >= 0.6 is 33.9 Å². The number of pyridine rings is 1. The molecule has 4 heteroatoms. The number of hydrogen-bond donors (Lipinski definition) is 1. The summed E-state index contributed by atoms with van der Waals surface area (Å²) in [7, 11) is 2.01. The molecule has 0 bridgehead atoms. The van der Waals surface area contributed by atoms with Gasteiger partial charge in [-0.1, -0.05) is 6.07 Å². The summed E-state index contributed by atoms with van der Waals surface area (Å²) in [6.45, 7) is 0. The summed E-state index contributed by atoms with van der Waals surface area (Å²) in [6, 6.07) is 6.72. The third kappa shape index (κ3) is 3.02. The summed E-state index contributed by atoms with van der Waals surface area (Å²) in [4.78, 5) is 4.14. The highest BCUT2D eigenvalue weighted by atomic mass is 127. The fourth-order valence-electron chi connectivity index (χ4n) is 1.65. The van der Waals surface area contributed by atoms with E-state index in [1.165, 1.54) is 14.0 Å². The van der Waals surface area contributed by atoms with Gasteiger partial charge in [0.05, 0.1) is 2.88 Å². The SMILES string of the molecule is CNC(Cc1cccnc1)c1csc(I)c1. The second kappa shape index (κ2) is 5.75. The molecule has 0 aliphatic heterocycles. The van der Waals surface area contributed by atoms with Gasteiger partial charge >= 0.3 is 0 Å². The molecule has 2 aromatic rings. The Morgan fingerprint density at radius 1 is 1.56 bits per heavy atom. The number of rotatable bonds is 4. The molecule has 2 aromatic heterocycles. The Hall–Kier alpha value is -0.460. The second-order valence-electron chi connectivity index (χ2n) is 3.59. The van der Waals surface area contributed by atoms with Crippen molar-refractivity contribution in [3.63, 3.8) is 0 Å². The summed E-state index contributed by atoms with van der Waals surface area (Å²) in [6.07, 6.45) is 4.73. The molecule has 1 N–H and O–H groups in total. The fourth-order valence-corrected chi connectivity index (χ4v) is 3.07. The Balaban J connectivity index is 2.12. The van der Waals surface area contributed by atoms with E-state index in [0.29, 0.717) is 6.04 Å². The van der Waals surface area contributed by atoms with Crippen LogP contribution in [0.15, 0.2) is 36.0 Å². The van der Waals surface area contributed by atoms with Crippen LogP contribution in [0.4, 0.5) is 0 Å². The highest BCUT2D eigenvalue weighted by molar-refractivity contribution is 14.1. The van der Waals surface area contributed by atoms with E-state index in [4.69, 9.17) is 0 Å². The first-order valence-electron chi connectivity index (χ1n) is 5.09. The molecule has 0 aromatic carbocycles. The molecule has 2 heterocycles. The average molecular weight is 344 g/mol. The second-order valence-corrected chi connectivity index (χ2v) is 6.40. The van der Waals surface area contributed by atoms with E-state index in [1.54, 1.807) is 11.3 Å². The van der Waals surface area contributed by atoms with Crippen LogP contribution in [0.5, 0.6) is 0 Å². The molecule has 0 amide bonds. The molecule has 16 heavy (non-hydrogen) atoms. The summed E-state index contributed by atoms with van der Waals surface area (Å²) in [5.41, 5.74) is 2.63. The van der Waals surface area contributed by atoms with Crippen molar-refractivity contribution in [2.24, 2.45) is 0 Å². The van der Waals surface area contributed by atoms with Crippen LogP contribution in [0.3, 0.4) is 0 Å². The third-order valence-corrected chi connectivity index (χ3v) is 4.31. The zero-order chi connectivity index (χ0) is 11.4. The highest BCUT2D eigenvalue weighted by Crippen LogP contribution is 2.24. The molecule has 0 saturated heterocycles. The maximum Gasteiger partial charge on any atom is 0.0656 e. The lowest BCUT2D eigenvalue weighted by atomic mass is 10.0. The molecule has 0 fully saturated rings. The van der Waals surface area contributed by atoms with Crippen molar-refractivity contribution in [3.8, 4) is 0 Å². The van der Waals surface area contributed by atoms with Crippen molar-refractivity contribution >= 4 is 33.9 Å². The standard InChI is InChI=1S/C12H13IN2S/c1-14-11(10-6-12(13)16-8-10)5-9-3-2-4-15-7-9/h2-4,6-8,11,14H,5H2,1H3. The molecular weight excluding hydrogens is 331 g/mol. The Bertz CT molecular complexity index is 441. The van der Waals surface area contributed by atoms with Gasteiger partial charge in [0.2, 0.25) is 0 Å². The smallest absolute Gasteiger partial charge is 0.0656 e. The van der Waals surface area contributed by atoms with Gasteiger partial charge in [0.15, 0.2) is 0 Å². The van der Waals surface area contributed by atoms with Crippen LogP contribution < -0.4 is 5.32 Å². The Morgan fingerprint density at radius 3 is 3.00 bits per heavy atom. The topological polar surface area (TPSA) is 24.9 Å². The van der Waals surface area contributed by atoms with E-state index in [0.717, 1.165) is 6.42 Å². The molecule has 84 valence electrons. The summed E-state index contributed by atoms with van der Waals surface area (Å²) < 4.78 is 1.33. The minimum absolute atomic E-state index is 0.379. The van der Waals surface area contributed by atoms with Gasteiger partial charge in [-0.25, -0.2) is 0 Å². The van der Waals surface area contributed by atoms with Crippen molar-refractivity contribution in [2.75, 3.05) is 7.05 Å². The van der Waals surface area contributed by atoms with Crippen molar-refractivity contribution < 1.29 is 0 Å². The molecule has 0 saturated carbocycles. The lowest BCUT2D eigenvalue weighted by molar-refractivity contribution is 0.593. The van der Waals surface area contributed by atoms with Gasteiger partial charge in [0.25, 0.3) is 0 Å². The molecule has 1 atom stereocenters. The zero-order valence-electron chi connectivity index (χ0n) is 8.98. The summed E-state index contributed by atoms with van der Waals surface area (Å²) in [5, 5.41) is 5.58. The van der Waals surface area contributed by atoms with Crippen LogP contribution in [0.1, 0.15) is 17.2 Å². The van der Waals surface area contributed by atoms with E-state index >= 15 is 0 Å². The van der Waals surface area contributed by atoms with Gasteiger partial charge in [-0.3, -0.25) is 4.98 Å². The number of aromatic nitrogens is 1. The third-order valence-electron chi connectivity index (χ3n) is 2.50. The number of halogens is 1. The minimum Gasteiger partial charge on any atom is -0.313 e. The predicted molar refractivity (Wildman–Crippen MR) is 76.8 cm³/mol. The molecule has 0 aliphatic rings. The summed E-state index contributed by atoms with van der Waals surface area (Å²) in [5.74, 6) is 0. The first kappa shape index (κ1) is 12.0. The van der Waals surface area contributed by atoms with E-state index in [1.807, 2.05) is 25.5 Å². The summed E-state index contributed by atoms with van der Waals surface area (Å²) >= 11 is 4.15. The molecule has 2 nitrogen and oxygen atoms in total. The van der Waals surface area contributed by atoms with Gasteiger partial charge < -0.3 is 5.32 Å². The lowest BCUT2D eigenvalue weighted by Gasteiger charge is -2.14. The zero-order valence-corrected chi connectivity index (χ0v) is 12.0. The molecule has 2 rings (SSSR count). The number of hydrogen-bond acceptors (Lipinski definition) is 3. The number of likely N-dealkylation sites (N-methyl/N-ethyl adjacent to an activating group) is 1. The van der Waals surface area contributed by atoms with Crippen LogP contribution in [0.2, 0.25) is 0 Å². The van der Waals surface area contributed by atoms with Gasteiger partial charge in [-0.15, -0.1) is 11.3 Å². The van der Waals surface area contributed by atoms with Crippen LogP contribution in [0, 0.1) is 2.88 Å². The largest absolute Gasteiger partial charge is 0.313 e. The van der Waals surface area contributed by atoms with Gasteiger partial charge in [0.1, 0.15) is 0 Å². The maximum absolute atomic E-state index is 4.14. The van der Waals surface area contributed by atoms with Gasteiger partial charge in [0, 0.05) is 18.4 Å². The van der Waals surface area contributed by atoms with E-state index in [-0.39, 0.29) is 0 Å². The van der Waals surface area contributed by atoms with Crippen LogP contribution in [-0.2, 0) is 6.42 Å². The molecule has 0 aliphatic carbocycles. The predicted octanol–water partition coefficient (Wildman–Crippen LogP) is 3.25. The van der Waals surface area contributed by atoms with Crippen molar-refractivity contribution in [1.29, 1.82) is 0 Å².